The number of benzene rings is 2. The number of hydrogen-bond acceptors (Lipinski definition) is 2. The first kappa shape index (κ1) is 21.3. The molecule has 0 bridgehead atoms. The van der Waals surface area contributed by atoms with Crippen molar-refractivity contribution < 1.29 is 9.59 Å². The van der Waals surface area contributed by atoms with Gasteiger partial charge in [-0.15, -0.1) is 0 Å². The fourth-order valence-corrected chi connectivity index (χ4v) is 3.10. The smallest absolute Gasteiger partial charge is 0.242 e. The summed E-state index contributed by atoms with van der Waals surface area (Å²) in [5, 5.41) is 3.67. The third kappa shape index (κ3) is 6.26. The van der Waals surface area contributed by atoms with Crippen molar-refractivity contribution in [3.63, 3.8) is 0 Å². The highest BCUT2D eigenvalue weighted by Crippen LogP contribution is 2.24. The van der Waals surface area contributed by atoms with Crippen molar-refractivity contribution in [2.45, 2.75) is 39.3 Å². The van der Waals surface area contributed by atoms with Crippen LogP contribution < -0.4 is 5.32 Å². The molecule has 2 aromatic carbocycles. The number of halogens is 2. The molecule has 4 nitrogen and oxygen atoms in total. The van der Waals surface area contributed by atoms with Gasteiger partial charge in [-0.05, 0) is 43.5 Å². The van der Waals surface area contributed by atoms with Crippen LogP contribution in [0.4, 0.5) is 0 Å². The summed E-state index contributed by atoms with van der Waals surface area (Å²) in [5.41, 5.74) is 1.92. The SMILES string of the molecule is CCNC(=O)[C@@H](C)N(Cc1ccc(Cl)c(Cl)c1)C(=O)CCc1ccccc1. The van der Waals surface area contributed by atoms with Crippen LogP contribution in [0.25, 0.3) is 0 Å². The predicted octanol–water partition coefficient (Wildman–Crippen LogP) is 4.48. The summed E-state index contributed by atoms with van der Waals surface area (Å²) in [5.74, 6) is -0.255. The van der Waals surface area contributed by atoms with E-state index in [-0.39, 0.29) is 11.8 Å². The Bertz CT molecular complexity index is 781. The van der Waals surface area contributed by atoms with Gasteiger partial charge in [0.05, 0.1) is 10.0 Å². The van der Waals surface area contributed by atoms with E-state index in [1.807, 2.05) is 43.3 Å². The molecule has 1 N–H and O–H groups in total. The van der Waals surface area contributed by atoms with Crippen LogP contribution in [-0.2, 0) is 22.6 Å². The molecule has 0 fully saturated rings. The van der Waals surface area contributed by atoms with Gasteiger partial charge in [-0.2, -0.15) is 0 Å². The van der Waals surface area contributed by atoms with Crippen LogP contribution in [0, 0.1) is 0 Å². The van der Waals surface area contributed by atoms with E-state index in [9.17, 15) is 9.59 Å². The molecule has 2 rings (SSSR count). The Hall–Kier alpha value is -2.04. The van der Waals surface area contributed by atoms with Crippen LogP contribution in [0.5, 0.6) is 0 Å². The summed E-state index contributed by atoms with van der Waals surface area (Å²) < 4.78 is 0. The summed E-state index contributed by atoms with van der Waals surface area (Å²) in [4.78, 5) is 26.8. The van der Waals surface area contributed by atoms with Crippen molar-refractivity contribution in [1.29, 1.82) is 0 Å². The summed E-state index contributed by atoms with van der Waals surface area (Å²) in [6, 6.07) is 14.5. The molecular formula is C21H24Cl2N2O2. The third-order valence-electron chi connectivity index (χ3n) is 4.33. The molecule has 27 heavy (non-hydrogen) atoms. The van der Waals surface area contributed by atoms with Gasteiger partial charge in [0, 0.05) is 19.5 Å². The Morgan fingerprint density at radius 1 is 1.04 bits per heavy atom. The van der Waals surface area contributed by atoms with Crippen LogP contribution in [-0.4, -0.2) is 29.3 Å². The number of aryl methyl sites for hydroxylation is 1. The Morgan fingerprint density at radius 3 is 2.37 bits per heavy atom. The minimum atomic E-state index is -0.581. The summed E-state index contributed by atoms with van der Waals surface area (Å²) in [7, 11) is 0. The average Bonchev–Trinajstić information content (AvgIpc) is 2.67. The van der Waals surface area contributed by atoms with E-state index in [0.717, 1.165) is 11.1 Å². The molecule has 0 heterocycles. The van der Waals surface area contributed by atoms with Crippen LogP contribution in [0.1, 0.15) is 31.4 Å². The van der Waals surface area contributed by atoms with Crippen LogP contribution >= 0.6 is 23.2 Å². The standard InChI is InChI=1S/C21H24Cl2N2O2/c1-3-24-21(27)15(2)25(14-17-9-11-18(22)19(23)13-17)20(26)12-10-16-7-5-4-6-8-16/h4-9,11,13,15H,3,10,12,14H2,1-2H3,(H,24,27)/t15-/m1/s1. The van der Waals surface area contributed by atoms with Crippen LogP contribution in [0.2, 0.25) is 10.0 Å². The maximum Gasteiger partial charge on any atom is 0.242 e. The molecular weight excluding hydrogens is 383 g/mol. The highest BCUT2D eigenvalue weighted by molar-refractivity contribution is 6.42. The predicted molar refractivity (Wildman–Crippen MR) is 110 cm³/mol. The monoisotopic (exact) mass is 406 g/mol. The van der Waals surface area contributed by atoms with E-state index < -0.39 is 6.04 Å². The first-order valence-corrected chi connectivity index (χ1v) is 9.73. The second kappa shape index (κ2) is 10.3. The van der Waals surface area contributed by atoms with Crippen molar-refractivity contribution in [1.82, 2.24) is 10.2 Å². The maximum atomic E-state index is 12.9. The number of amides is 2. The van der Waals surface area contributed by atoms with Gasteiger partial charge in [0.15, 0.2) is 0 Å². The van der Waals surface area contributed by atoms with E-state index in [1.165, 1.54) is 0 Å². The summed E-state index contributed by atoms with van der Waals surface area (Å²) in [6.45, 7) is 4.40. The highest BCUT2D eigenvalue weighted by Gasteiger charge is 2.25. The molecule has 1 atom stereocenters. The van der Waals surface area contributed by atoms with Gasteiger partial charge in [0.25, 0.3) is 0 Å². The fraction of sp³-hybridized carbons (Fsp3) is 0.333. The quantitative estimate of drug-likeness (QED) is 0.702. The van der Waals surface area contributed by atoms with Gasteiger partial charge < -0.3 is 10.2 Å². The van der Waals surface area contributed by atoms with E-state index >= 15 is 0 Å². The molecule has 0 saturated carbocycles. The Kier molecular flexibility index (Phi) is 8.14. The number of nitrogens with zero attached hydrogens (tertiary/aromatic N) is 1. The van der Waals surface area contributed by atoms with Gasteiger partial charge in [-0.25, -0.2) is 0 Å². The van der Waals surface area contributed by atoms with E-state index in [0.29, 0.717) is 36.0 Å². The fourth-order valence-electron chi connectivity index (χ4n) is 2.78. The van der Waals surface area contributed by atoms with Crippen molar-refractivity contribution in [3.05, 3.63) is 69.7 Å². The maximum absolute atomic E-state index is 12.9. The number of rotatable bonds is 8. The Balaban J connectivity index is 2.15. The lowest BCUT2D eigenvalue weighted by Gasteiger charge is -2.29. The second-order valence-electron chi connectivity index (χ2n) is 6.33. The van der Waals surface area contributed by atoms with E-state index in [1.54, 1.807) is 24.0 Å². The molecule has 0 aliphatic heterocycles. The highest BCUT2D eigenvalue weighted by atomic mass is 35.5. The second-order valence-corrected chi connectivity index (χ2v) is 7.14. The molecule has 2 aromatic rings. The average molecular weight is 407 g/mol. The Labute approximate surface area is 170 Å². The first-order valence-electron chi connectivity index (χ1n) is 8.97. The number of carbonyl (C=O) groups is 2. The molecule has 0 aromatic heterocycles. The lowest BCUT2D eigenvalue weighted by atomic mass is 10.1. The zero-order valence-corrected chi connectivity index (χ0v) is 17.1. The topological polar surface area (TPSA) is 49.4 Å². The molecule has 0 radical (unpaired) electrons. The number of likely N-dealkylation sites (N-methyl/N-ethyl adjacent to an activating group) is 1. The molecule has 0 unspecified atom stereocenters. The molecule has 0 saturated heterocycles. The normalized spacial score (nSPS) is 11.7. The lowest BCUT2D eigenvalue weighted by Crippen LogP contribution is -2.47. The van der Waals surface area contributed by atoms with Crippen molar-refractivity contribution in [3.8, 4) is 0 Å². The minimum absolute atomic E-state index is 0.0799. The van der Waals surface area contributed by atoms with Gasteiger partial charge in [-0.1, -0.05) is 59.6 Å². The lowest BCUT2D eigenvalue weighted by molar-refractivity contribution is -0.140. The molecule has 0 aliphatic rings. The molecule has 144 valence electrons. The van der Waals surface area contributed by atoms with Crippen molar-refractivity contribution in [2.24, 2.45) is 0 Å². The van der Waals surface area contributed by atoms with Gasteiger partial charge in [-0.3, -0.25) is 9.59 Å². The van der Waals surface area contributed by atoms with Gasteiger partial charge in [0.1, 0.15) is 6.04 Å². The van der Waals surface area contributed by atoms with Crippen LogP contribution in [0.3, 0.4) is 0 Å². The largest absolute Gasteiger partial charge is 0.355 e. The van der Waals surface area contributed by atoms with Crippen molar-refractivity contribution >= 4 is 35.0 Å². The number of nitrogens with one attached hydrogen (secondary N) is 1. The molecule has 6 heteroatoms. The van der Waals surface area contributed by atoms with E-state index in [4.69, 9.17) is 23.2 Å². The van der Waals surface area contributed by atoms with Crippen LogP contribution in [0.15, 0.2) is 48.5 Å². The molecule has 0 spiro atoms. The zero-order chi connectivity index (χ0) is 19.8. The minimum Gasteiger partial charge on any atom is -0.355 e. The van der Waals surface area contributed by atoms with E-state index in [2.05, 4.69) is 5.32 Å². The zero-order valence-electron chi connectivity index (χ0n) is 15.5. The number of hydrogen-bond donors (Lipinski definition) is 1. The van der Waals surface area contributed by atoms with Gasteiger partial charge >= 0.3 is 0 Å². The Morgan fingerprint density at radius 2 is 1.74 bits per heavy atom. The summed E-state index contributed by atoms with van der Waals surface area (Å²) >= 11 is 12.1. The van der Waals surface area contributed by atoms with Crippen molar-refractivity contribution in [2.75, 3.05) is 6.54 Å². The first-order chi connectivity index (χ1) is 12.9. The third-order valence-corrected chi connectivity index (χ3v) is 5.06. The molecule has 2 amide bonds. The summed E-state index contributed by atoms with van der Waals surface area (Å²) in [6.07, 6.45) is 0.953. The molecule has 0 aliphatic carbocycles. The number of carbonyl (C=O) groups excluding carboxylic acids is 2. The van der Waals surface area contributed by atoms with Gasteiger partial charge in [0.2, 0.25) is 11.8 Å².